The molecule has 0 aliphatic carbocycles. The fraction of sp³-hybridized carbons (Fsp3) is 0.174. The van der Waals surface area contributed by atoms with E-state index in [4.69, 9.17) is 9.73 Å². The first-order valence-electron chi connectivity index (χ1n) is 9.40. The van der Waals surface area contributed by atoms with Crippen molar-refractivity contribution in [2.75, 3.05) is 21.2 Å². The number of hydrogen-bond donors (Lipinski definition) is 0. The highest BCUT2D eigenvalue weighted by atomic mass is 32.1. The number of ether oxygens (including phenoxy) is 1. The first-order chi connectivity index (χ1) is 14.4. The molecule has 152 valence electrons. The Kier molecular flexibility index (Phi) is 5.13. The van der Waals surface area contributed by atoms with E-state index < -0.39 is 5.97 Å². The van der Waals surface area contributed by atoms with Crippen molar-refractivity contribution in [2.24, 2.45) is 4.99 Å². The number of esters is 1. The van der Waals surface area contributed by atoms with Crippen molar-refractivity contribution in [3.05, 3.63) is 69.8 Å². The van der Waals surface area contributed by atoms with Gasteiger partial charge in [-0.25, -0.2) is 9.79 Å². The third-order valence-electron chi connectivity index (χ3n) is 5.00. The number of aromatic nitrogens is 1. The van der Waals surface area contributed by atoms with Crippen LogP contribution in [0.15, 0.2) is 64.4 Å². The van der Waals surface area contributed by atoms with Gasteiger partial charge in [-0.05, 0) is 30.5 Å². The molecule has 6 nitrogen and oxygen atoms in total. The molecule has 2 aromatic carbocycles. The molecule has 2 heterocycles. The molecule has 0 unspecified atom stereocenters. The first kappa shape index (κ1) is 19.8. The van der Waals surface area contributed by atoms with Crippen LogP contribution in [0, 0.1) is 0 Å². The second-order valence-electron chi connectivity index (χ2n) is 7.03. The molecule has 0 spiro atoms. The van der Waals surface area contributed by atoms with Crippen LogP contribution in [0.5, 0.6) is 0 Å². The molecular weight excluding hydrogens is 398 g/mol. The minimum Gasteiger partial charge on any atom is -0.465 e. The maximum atomic E-state index is 13.4. The van der Waals surface area contributed by atoms with Crippen molar-refractivity contribution in [3.63, 3.8) is 0 Å². The standard InChI is InChI=1S/C23H21N3O3S/c1-14(25(2)3)24-19-18-16-12-8-9-13-17(16)21(27)26(15-10-6-5-7-11-15)22(18)30-20(19)23(28)29-4/h5-13H,1-4H3. The third kappa shape index (κ3) is 3.17. The molecule has 4 rings (SSSR count). The minimum absolute atomic E-state index is 0.137. The van der Waals surface area contributed by atoms with Crippen molar-refractivity contribution in [1.82, 2.24) is 9.47 Å². The molecule has 0 N–H and O–H groups in total. The van der Waals surface area contributed by atoms with Crippen LogP contribution in [-0.4, -0.2) is 42.5 Å². The lowest BCUT2D eigenvalue weighted by molar-refractivity contribution is 0.0607. The molecular formula is C23H21N3O3S. The molecule has 0 saturated carbocycles. The molecule has 0 aliphatic rings. The lowest BCUT2D eigenvalue weighted by Gasteiger charge is -2.12. The Morgan fingerprint density at radius 1 is 1.03 bits per heavy atom. The summed E-state index contributed by atoms with van der Waals surface area (Å²) in [6.45, 7) is 1.87. The zero-order chi connectivity index (χ0) is 21.4. The number of pyridine rings is 1. The summed E-state index contributed by atoms with van der Waals surface area (Å²) in [6, 6.07) is 16.8. The van der Waals surface area contributed by atoms with Crippen LogP contribution in [0.1, 0.15) is 16.6 Å². The average molecular weight is 420 g/mol. The Hall–Kier alpha value is -3.45. The summed E-state index contributed by atoms with van der Waals surface area (Å²) in [7, 11) is 5.13. The van der Waals surface area contributed by atoms with Crippen LogP contribution in [0.2, 0.25) is 0 Å². The van der Waals surface area contributed by atoms with Gasteiger partial charge < -0.3 is 9.64 Å². The maximum Gasteiger partial charge on any atom is 0.350 e. The second kappa shape index (κ2) is 7.76. The SMILES string of the molecule is COC(=O)c1sc2c(c1N=C(C)N(C)C)c1ccccc1c(=O)n2-c1ccccc1. The molecule has 7 heteroatoms. The number of thiophene rings is 1. The number of nitrogens with zero attached hydrogens (tertiary/aromatic N) is 3. The Bertz CT molecular complexity index is 1350. The largest absolute Gasteiger partial charge is 0.465 e. The van der Waals surface area contributed by atoms with E-state index in [0.29, 0.717) is 20.8 Å². The van der Waals surface area contributed by atoms with E-state index in [0.717, 1.165) is 22.3 Å². The highest BCUT2D eigenvalue weighted by Crippen LogP contribution is 2.42. The summed E-state index contributed by atoms with van der Waals surface area (Å²) in [5.41, 5.74) is 1.12. The van der Waals surface area contributed by atoms with Crippen molar-refractivity contribution >= 4 is 49.8 Å². The molecule has 4 aromatic rings. The number of fused-ring (bicyclic) bond motifs is 3. The number of para-hydroxylation sites is 1. The number of aliphatic imine (C=N–C) groups is 1. The van der Waals surface area contributed by atoms with Gasteiger partial charge in [0.1, 0.15) is 21.2 Å². The van der Waals surface area contributed by atoms with E-state index in [1.165, 1.54) is 18.4 Å². The number of hydrogen-bond acceptors (Lipinski definition) is 5. The van der Waals surface area contributed by atoms with E-state index in [-0.39, 0.29) is 5.56 Å². The summed E-state index contributed by atoms with van der Waals surface area (Å²) >= 11 is 1.22. The summed E-state index contributed by atoms with van der Waals surface area (Å²) in [6.07, 6.45) is 0. The van der Waals surface area contributed by atoms with Crippen molar-refractivity contribution in [1.29, 1.82) is 0 Å². The van der Waals surface area contributed by atoms with E-state index >= 15 is 0 Å². The predicted molar refractivity (Wildman–Crippen MR) is 123 cm³/mol. The number of benzene rings is 2. The minimum atomic E-state index is -0.474. The normalized spacial score (nSPS) is 11.8. The number of rotatable bonds is 3. The molecule has 0 atom stereocenters. The van der Waals surface area contributed by atoms with E-state index in [2.05, 4.69) is 0 Å². The molecule has 0 fully saturated rings. The van der Waals surface area contributed by atoms with Crippen LogP contribution in [0.3, 0.4) is 0 Å². The first-order valence-corrected chi connectivity index (χ1v) is 10.2. The van der Waals surface area contributed by atoms with Crippen molar-refractivity contribution in [2.45, 2.75) is 6.92 Å². The summed E-state index contributed by atoms with van der Waals surface area (Å²) in [4.78, 5) is 33.8. The summed E-state index contributed by atoms with van der Waals surface area (Å²) < 4.78 is 6.69. The Morgan fingerprint density at radius 2 is 1.67 bits per heavy atom. The summed E-state index contributed by atoms with van der Waals surface area (Å²) in [5.74, 6) is 0.263. The number of carbonyl (C=O) groups is 1. The zero-order valence-electron chi connectivity index (χ0n) is 17.2. The second-order valence-corrected chi connectivity index (χ2v) is 8.03. The zero-order valence-corrected chi connectivity index (χ0v) is 18.0. The monoisotopic (exact) mass is 419 g/mol. The smallest absolute Gasteiger partial charge is 0.350 e. The van der Waals surface area contributed by atoms with Crippen LogP contribution in [0.25, 0.3) is 26.7 Å². The highest BCUT2D eigenvalue weighted by molar-refractivity contribution is 7.21. The third-order valence-corrected chi connectivity index (χ3v) is 6.15. The van der Waals surface area contributed by atoms with Crippen LogP contribution in [0.4, 0.5) is 5.69 Å². The lowest BCUT2D eigenvalue weighted by Crippen LogP contribution is -2.18. The molecule has 0 saturated heterocycles. The Balaban J connectivity index is 2.26. The van der Waals surface area contributed by atoms with Crippen LogP contribution < -0.4 is 5.56 Å². The van der Waals surface area contributed by atoms with Gasteiger partial charge in [0, 0.05) is 24.9 Å². The van der Waals surface area contributed by atoms with Gasteiger partial charge >= 0.3 is 5.97 Å². The quantitative estimate of drug-likeness (QED) is 0.276. The van der Waals surface area contributed by atoms with Crippen molar-refractivity contribution in [3.8, 4) is 5.69 Å². The van der Waals surface area contributed by atoms with Crippen LogP contribution >= 0.6 is 11.3 Å². The highest BCUT2D eigenvalue weighted by Gasteiger charge is 2.25. The van der Waals surface area contributed by atoms with E-state index in [9.17, 15) is 9.59 Å². The number of methoxy groups -OCH3 is 1. The molecule has 0 aliphatic heterocycles. The van der Waals surface area contributed by atoms with Gasteiger partial charge in [-0.2, -0.15) is 0 Å². The fourth-order valence-corrected chi connectivity index (χ4v) is 4.52. The Morgan fingerprint density at radius 3 is 2.30 bits per heavy atom. The van der Waals surface area contributed by atoms with Gasteiger partial charge in [0.05, 0.1) is 12.8 Å². The molecule has 0 bridgehead atoms. The van der Waals surface area contributed by atoms with Gasteiger partial charge in [0.25, 0.3) is 5.56 Å². The van der Waals surface area contributed by atoms with Gasteiger partial charge in [0.2, 0.25) is 0 Å². The van der Waals surface area contributed by atoms with Gasteiger partial charge in [-0.1, -0.05) is 36.4 Å². The predicted octanol–water partition coefficient (Wildman–Crippen LogP) is 4.60. The van der Waals surface area contributed by atoms with E-state index in [1.54, 1.807) is 10.6 Å². The van der Waals surface area contributed by atoms with E-state index in [1.807, 2.05) is 74.4 Å². The fourth-order valence-electron chi connectivity index (χ4n) is 3.32. The maximum absolute atomic E-state index is 13.4. The van der Waals surface area contributed by atoms with Gasteiger partial charge in [-0.3, -0.25) is 9.36 Å². The molecule has 2 aromatic heterocycles. The van der Waals surface area contributed by atoms with Gasteiger partial charge in [0.15, 0.2) is 0 Å². The molecule has 0 amide bonds. The summed E-state index contributed by atoms with van der Waals surface area (Å²) in [5, 5.41) is 2.10. The number of carbonyl (C=O) groups excluding carboxylic acids is 1. The molecule has 30 heavy (non-hydrogen) atoms. The van der Waals surface area contributed by atoms with Gasteiger partial charge in [-0.15, -0.1) is 11.3 Å². The molecule has 0 radical (unpaired) electrons. The lowest BCUT2D eigenvalue weighted by atomic mass is 10.1. The Labute approximate surface area is 177 Å². The topological polar surface area (TPSA) is 63.9 Å². The van der Waals surface area contributed by atoms with Crippen molar-refractivity contribution < 1.29 is 9.53 Å². The number of amidine groups is 1. The van der Waals surface area contributed by atoms with Crippen LogP contribution in [-0.2, 0) is 4.74 Å². The average Bonchev–Trinajstić information content (AvgIpc) is 3.13.